The fourth-order valence-corrected chi connectivity index (χ4v) is 3.85. The van der Waals surface area contributed by atoms with Crippen LogP contribution in [0.25, 0.3) is 0 Å². The summed E-state index contributed by atoms with van der Waals surface area (Å²) in [7, 11) is -3.29. The smallest absolute Gasteiger partial charge is 0.306 e. The number of hydrogen-bond donors (Lipinski definition) is 1. The number of nitrogens with zero attached hydrogens (tertiary/aromatic N) is 2. The average molecular weight is 334 g/mol. The first-order valence-electron chi connectivity index (χ1n) is 7.34. The second kappa shape index (κ2) is 6.93. The molecule has 0 bridgehead atoms. The Labute approximate surface area is 130 Å². The van der Waals surface area contributed by atoms with Gasteiger partial charge >= 0.3 is 5.97 Å². The second-order valence-electron chi connectivity index (χ2n) is 5.84. The van der Waals surface area contributed by atoms with E-state index in [0.29, 0.717) is 32.5 Å². The first-order valence-corrected chi connectivity index (χ1v) is 9.19. The van der Waals surface area contributed by atoms with E-state index < -0.39 is 22.1 Å². The van der Waals surface area contributed by atoms with E-state index >= 15 is 0 Å². The van der Waals surface area contributed by atoms with Crippen LogP contribution in [0.4, 0.5) is 0 Å². The van der Waals surface area contributed by atoms with E-state index in [0.717, 1.165) is 6.26 Å². The zero-order valence-corrected chi connectivity index (χ0v) is 13.4. The van der Waals surface area contributed by atoms with E-state index in [-0.39, 0.29) is 31.3 Å². The highest BCUT2D eigenvalue weighted by Crippen LogP contribution is 2.22. The van der Waals surface area contributed by atoms with Crippen LogP contribution in [0.3, 0.4) is 0 Å². The van der Waals surface area contributed by atoms with Crippen LogP contribution >= 0.6 is 0 Å². The third kappa shape index (κ3) is 4.40. The van der Waals surface area contributed by atoms with Crippen molar-refractivity contribution in [1.82, 2.24) is 9.21 Å². The zero-order chi connectivity index (χ0) is 16.3. The highest BCUT2D eigenvalue weighted by atomic mass is 32.2. The van der Waals surface area contributed by atoms with E-state index in [4.69, 9.17) is 9.84 Å². The summed E-state index contributed by atoms with van der Waals surface area (Å²) in [6.45, 7) is 1.64. The van der Waals surface area contributed by atoms with Gasteiger partial charge in [0.2, 0.25) is 15.9 Å². The van der Waals surface area contributed by atoms with Gasteiger partial charge in [-0.3, -0.25) is 9.59 Å². The number of ether oxygens (including phenoxy) is 1. The summed E-state index contributed by atoms with van der Waals surface area (Å²) < 4.78 is 29.9. The Kier molecular flexibility index (Phi) is 5.41. The molecule has 0 aliphatic carbocycles. The second-order valence-corrected chi connectivity index (χ2v) is 7.82. The van der Waals surface area contributed by atoms with Crippen molar-refractivity contribution in [3.05, 3.63) is 0 Å². The van der Waals surface area contributed by atoms with Crippen molar-refractivity contribution < 1.29 is 27.9 Å². The van der Waals surface area contributed by atoms with Gasteiger partial charge in [-0.2, -0.15) is 0 Å². The van der Waals surface area contributed by atoms with Crippen LogP contribution in [0.5, 0.6) is 0 Å². The third-order valence-corrected chi connectivity index (χ3v) is 5.32. The van der Waals surface area contributed by atoms with Crippen molar-refractivity contribution in [3.63, 3.8) is 0 Å². The van der Waals surface area contributed by atoms with E-state index in [1.807, 2.05) is 0 Å². The highest BCUT2D eigenvalue weighted by Gasteiger charge is 2.34. The van der Waals surface area contributed by atoms with Crippen LogP contribution in [0.2, 0.25) is 0 Å². The molecule has 0 aromatic heterocycles. The summed E-state index contributed by atoms with van der Waals surface area (Å²) in [6.07, 6.45) is 1.84. The molecular formula is C13H22N2O6S. The Hall–Kier alpha value is -1.19. The number of sulfonamides is 1. The minimum atomic E-state index is -3.29. The fraction of sp³-hybridized carbons (Fsp3) is 0.846. The predicted molar refractivity (Wildman–Crippen MR) is 77.7 cm³/mol. The monoisotopic (exact) mass is 334 g/mol. The van der Waals surface area contributed by atoms with Gasteiger partial charge in [-0.1, -0.05) is 0 Å². The maximum Gasteiger partial charge on any atom is 0.306 e. The molecule has 0 radical (unpaired) electrons. The molecule has 2 aliphatic heterocycles. The number of rotatable bonds is 4. The van der Waals surface area contributed by atoms with Crippen LogP contribution in [0.15, 0.2) is 0 Å². The molecule has 2 saturated heterocycles. The quantitative estimate of drug-likeness (QED) is 0.733. The number of hydrogen-bond acceptors (Lipinski definition) is 5. The lowest BCUT2D eigenvalue weighted by Gasteiger charge is -2.37. The van der Waals surface area contributed by atoms with Gasteiger partial charge in [0.15, 0.2) is 0 Å². The SMILES string of the molecule is CS(=O)(=O)N1CCC[C@@H](C(=O)N2CCO[C@H](CC(=O)O)C2)C1. The first-order chi connectivity index (χ1) is 10.3. The first kappa shape index (κ1) is 17.2. The van der Waals surface area contributed by atoms with Crippen molar-refractivity contribution in [2.24, 2.45) is 5.92 Å². The number of piperidine rings is 1. The lowest BCUT2D eigenvalue weighted by molar-refractivity contribution is -0.150. The number of carbonyl (C=O) groups is 2. The Balaban J connectivity index is 1.97. The molecule has 2 aliphatic rings. The lowest BCUT2D eigenvalue weighted by Crippen LogP contribution is -2.51. The van der Waals surface area contributed by atoms with Crippen LogP contribution in [-0.2, 0) is 24.3 Å². The number of amides is 1. The van der Waals surface area contributed by atoms with Crippen molar-refractivity contribution in [2.75, 3.05) is 39.0 Å². The Morgan fingerprint density at radius 2 is 2.00 bits per heavy atom. The molecule has 2 fully saturated rings. The molecule has 126 valence electrons. The molecule has 2 rings (SSSR count). The summed E-state index contributed by atoms with van der Waals surface area (Å²) in [5.74, 6) is -1.42. The molecule has 0 saturated carbocycles. The normalized spacial score (nSPS) is 27.6. The number of morpholine rings is 1. The summed E-state index contributed by atoms with van der Waals surface area (Å²) in [6, 6.07) is 0. The lowest BCUT2D eigenvalue weighted by atomic mass is 9.97. The molecule has 0 spiro atoms. The summed E-state index contributed by atoms with van der Waals surface area (Å²) in [4.78, 5) is 24.9. The number of carboxylic acids is 1. The Bertz CT molecular complexity index is 535. The molecule has 0 aromatic carbocycles. The number of aliphatic carboxylic acids is 1. The van der Waals surface area contributed by atoms with Crippen molar-refractivity contribution in [3.8, 4) is 0 Å². The molecule has 9 heteroatoms. The van der Waals surface area contributed by atoms with Gasteiger partial charge < -0.3 is 14.7 Å². The molecule has 2 heterocycles. The predicted octanol–water partition coefficient (Wildman–Crippen LogP) is -0.640. The minimum Gasteiger partial charge on any atom is -0.481 e. The number of carboxylic acid groups (broad SMARTS) is 1. The Morgan fingerprint density at radius 1 is 1.27 bits per heavy atom. The summed E-state index contributed by atoms with van der Waals surface area (Å²) in [5.41, 5.74) is 0. The zero-order valence-electron chi connectivity index (χ0n) is 12.6. The molecule has 22 heavy (non-hydrogen) atoms. The van der Waals surface area contributed by atoms with Gasteiger partial charge in [-0.15, -0.1) is 0 Å². The van der Waals surface area contributed by atoms with Gasteiger partial charge in [0.1, 0.15) is 0 Å². The molecular weight excluding hydrogens is 312 g/mol. The van der Waals surface area contributed by atoms with Crippen LogP contribution < -0.4 is 0 Å². The molecule has 1 amide bonds. The van der Waals surface area contributed by atoms with Crippen LogP contribution in [-0.4, -0.2) is 79.8 Å². The van der Waals surface area contributed by atoms with E-state index in [2.05, 4.69) is 0 Å². The minimum absolute atomic E-state index is 0.105. The maximum absolute atomic E-state index is 12.6. The van der Waals surface area contributed by atoms with Crippen LogP contribution in [0, 0.1) is 5.92 Å². The fourth-order valence-electron chi connectivity index (χ4n) is 2.94. The van der Waals surface area contributed by atoms with Crippen LogP contribution in [0.1, 0.15) is 19.3 Å². The van der Waals surface area contributed by atoms with Gasteiger partial charge in [-0.05, 0) is 12.8 Å². The van der Waals surface area contributed by atoms with Gasteiger partial charge in [-0.25, -0.2) is 12.7 Å². The van der Waals surface area contributed by atoms with Gasteiger partial charge in [0.25, 0.3) is 0 Å². The molecule has 2 atom stereocenters. The number of carbonyl (C=O) groups excluding carboxylic acids is 1. The highest BCUT2D eigenvalue weighted by molar-refractivity contribution is 7.88. The third-order valence-electron chi connectivity index (χ3n) is 4.06. The topological polar surface area (TPSA) is 104 Å². The van der Waals surface area contributed by atoms with Crippen molar-refractivity contribution in [2.45, 2.75) is 25.4 Å². The summed E-state index contributed by atoms with van der Waals surface area (Å²) >= 11 is 0. The van der Waals surface area contributed by atoms with Gasteiger partial charge in [0, 0.05) is 26.2 Å². The van der Waals surface area contributed by atoms with E-state index in [1.54, 1.807) is 4.90 Å². The molecule has 1 N–H and O–H groups in total. The average Bonchev–Trinajstić information content (AvgIpc) is 2.45. The molecule has 0 aromatic rings. The Morgan fingerprint density at radius 3 is 2.64 bits per heavy atom. The maximum atomic E-state index is 12.6. The molecule has 8 nitrogen and oxygen atoms in total. The summed E-state index contributed by atoms with van der Waals surface area (Å²) in [5, 5.41) is 8.81. The van der Waals surface area contributed by atoms with Gasteiger partial charge in [0.05, 0.1) is 31.3 Å². The standard InChI is InChI=1S/C13H22N2O6S/c1-22(19,20)15-4-2-3-10(8-15)13(18)14-5-6-21-11(9-14)7-12(16)17/h10-11H,2-9H2,1H3,(H,16,17)/t10-,11-/m1/s1. The largest absolute Gasteiger partial charge is 0.481 e. The van der Waals surface area contributed by atoms with E-state index in [9.17, 15) is 18.0 Å². The molecule has 0 unspecified atom stereocenters. The van der Waals surface area contributed by atoms with Crippen molar-refractivity contribution in [1.29, 1.82) is 0 Å². The van der Waals surface area contributed by atoms with E-state index in [1.165, 1.54) is 4.31 Å². The van der Waals surface area contributed by atoms with Crippen molar-refractivity contribution >= 4 is 21.9 Å².